The Morgan fingerprint density at radius 2 is 1.68 bits per heavy atom. The molecular weight excluding hydrogens is 364 g/mol. The number of anilines is 1. The van der Waals surface area contributed by atoms with Gasteiger partial charge in [0.05, 0.1) is 15.5 Å². The van der Waals surface area contributed by atoms with E-state index < -0.39 is 15.7 Å². The Hall–Kier alpha value is -2.38. The SMILES string of the molecule is CNC(=O)c1cc(NC(=O)c2cc(S(C)(=O)=O)ccc2C)ccc1Cl. The van der Waals surface area contributed by atoms with Crippen LogP contribution in [0.25, 0.3) is 0 Å². The fraction of sp³-hybridized carbons (Fsp3) is 0.176. The second-order valence-electron chi connectivity index (χ2n) is 5.48. The molecular formula is C17H17ClN2O4S. The fourth-order valence-electron chi connectivity index (χ4n) is 2.19. The number of aryl methyl sites for hydroxylation is 1. The molecule has 2 aromatic rings. The van der Waals surface area contributed by atoms with Crippen LogP contribution in [-0.2, 0) is 9.84 Å². The second-order valence-corrected chi connectivity index (χ2v) is 7.90. The standard InChI is InChI=1S/C17H17ClN2O4S/c1-10-4-6-12(25(3,23)24)9-13(10)17(22)20-11-5-7-15(18)14(8-11)16(21)19-2/h4-9H,1-3H3,(H,19,21)(H,20,22). The van der Waals surface area contributed by atoms with Crippen molar-refractivity contribution in [1.82, 2.24) is 5.32 Å². The van der Waals surface area contributed by atoms with Crippen molar-refractivity contribution in [3.8, 4) is 0 Å². The van der Waals surface area contributed by atoms with Crippen molar-refractivity contribution in [3.05, 3.63) is 58.1 Å². The quantitative estimate of drug-likeness (QED) is 0.852. The van der Waals surface area contributed by atoms with Gasteiger partial charge in [-0.25, -0.2) is 8.42 Å². The fourth-order valence-corrected chi connectivity index (χ4v) is 3.04. The number of carbonyl (C=O) groups is 2. The zero-order valence-electron chi connectivity index (χ0n) is 13.9. The summed E-state index contributed by atoms with van der Waals surface area (Å²) in [5.74, 6) is -0.857. The van der Waals surface area contributed by atoms with Gasteiger partial charge < -0.3 is 10.6 Å². The van der Waals surface area contributed by atoms with Crippen molar-refractivity contribution in [2.75, 3.05) is 18.6 Å². The zero-order valence-corrected chi connectivity index (χ0v) is 15.5. The smallest absolute Gasteiger partial charge is 0.255 e. The first-order valence-corrected chi connectivity index (χ1v) is 9.54. The molecule has 0 saturated carbocycles. The third kappa shape index (κ3) is 4.37. The predicted molar refractivity (Wildman–Crippen MR) is 97.1 cm³/mol. The molecule has 0 heterocycles. The second kappa shape index (κ2) is 7.25. The zero-order chi connectivity index (χ0) is 18.8. The van der Waals surface area contributed by atoms with Gasteiger partial charge in [0.25, 0.3) is 11.8 Å². The Balaban J connectivity index is 2.36. The molecule has 132 valence electrons. The molecule has 0 aliphatic carbocycles. The van der Waals surface area contributed by atoms with Crippen LogP contribution in [0.4, 0.5) is 5.69 Å². The minimum absolute atomic E-state index is 0.0606. The summed E-state index contributed by atoms with van der Waals surface area (Å²) < 4.78 is 23.4. The maximum Gasteiger partial charge on any atom is 0.255 e. The first-order chi connectivity index (χ1) is 11.6. The average Bonchev–Trinajstić information content (AvgIpc) is 2.55. The lowest BCUT2D eigenvalue weighted by molar-refractivity contribution is 0.0961. The Bertz CT molecular complexity index is 955. The maximum absolute atomic E-state index is 12.5. The highest BCUT2D eigenvalue weighted by atomic mass is 35.5. The molecule has 0 fully saturated rings. The van der Waals surface area contributed by atoms with Crippen LogP contribution in [-0.4, -0.2) is 33.5 Å². The normalized spacial score (nSPS) is 11.0. The molecule has 0 aromatic heterocycles. The first-order valence-electron chi connectivity index (χ1n) is 7.27. The van der Waals surface area contributed by atoms with E-state index in [1.54, 1.807) is 19.1 Å². The van der Waals surface area contributed by atoms with Gasteiger partial charge in [0.1, 0.15) is 0 Å². The van der Waals surface area contributed by atoms with Crippen molar-refractivity contribution in [2.24, 2.45) is 0 Å². The van der Waals surface area contributed by atoms with Gasteiger partial charge >= 0.3 is 0 Å². The van der Waals surface area contributed by atoms with E-state index in [4.69, 9.17) is 11.6 Å². The Morgan fingerprint density at radius 3 is 2.28 bits per heavy atom. The van der Waals surface area contributed by atoms with Crippen LogP contribution >= 0.6 is 11.6 Å². The van der Waals surface area contributed by atoms with Crippen LogP contribution in [0, 0.1) is 6.92 Å². The maximum atomic E-state index is 12.5. The van der Waals surface area contributed by atoms with Crippen LogP contribution in [0.15, 0.2) is 41.3 Å². The molecule has 2 aromatic carbocycles. The molecule has 0 unspecified atom stereocenters. The van der Waals surface area contributed by atoms with Gasteiger partial charge in [-0.3, -0.25) is 9.59 Å². The molecule has 2 amide bonds. The Labute approximate surface area is 151 Å². The molecule has 0 spiro atoms. The lowest BCUT2D eigenvalue weighted by Gasteiger charge is -2.11. The molecule has 0 aliphatic rings. The molecule has 0 aliphatic heterocycles. The predicted octanol–water partition coefficient (Wildman–Crippen LogP) is 2.66. The van der Waals surface area contributed by atoms with E-state index >= 15 is 0 Å². The van der Waals surface area contributed by atoms with Gasteiger partial charge in [0.15, 0.2) is 9.84 Å². The van der Waals surface area contributed by atoms with E-state index in [-0.39, 0.29) is 27.0 Å². The van der Waals surface area contributed by atoms with E-state index in [1.807, 2.05) is 0 Å². The summed E-state index contributed by atoms with van der Waals surface area (Å²) in [6, 6.07) is 8.87. The number of nitrogens with one attached hydrogen (secondary N) is 2. The number of rotatable bonds is 4. The topological polar surface area (TPSA) is 92.3 Å². The molecule has 0 atom stereocenters. The lowest BCUT2D eigenvalue weighted by atomic mass is 10.1. The minimum atomic E-state index is -3.43. The van der Waals surface area contributed by atoms with E-state index in [0.29, 0.717) is 11.3 Å². The van der Waals surface area contributed by atoms with E-state index in [2.05, 4.69) is 10.6 Å². The molecule has 6 nitrogen and oxygen atoms in total. The van der Waals surface area contributed by atoms with E-state index in [1.165, 1.54) is 31.3 Å². The third-order valence-electron chi connectivity index (χ3n) is 3.58. The van der Waals surface area contributed by atoms with Gasteiger partial charge in [-0.15, -0.1) is 0 Å². The lowest BCUT2D eigenvalue weighted by Crippen LogP contribution is -2.19. The Morgan fingerprint density at radius 1 is 1.00 bits per heavy atom. The summed E-state index contributed by atoms with van der Waals surface area (Å²) in [5.41, 5.74) is 1.46. The summed E-state index contributed by atoms with van der Waals surface area (Å²) >= 11 is 5.98. The van der Waals surface area contributed by atoms with Crippen molar-refractivity contribution < 1.29 is 18.0 Å². The van der Waals surface area contributed by atoms with Crippen LogP contribution in [0.3, 0.4) is 0 Å². The van der Waals surface area contributed by atoms with Gasteiger partial charge in [-0.2, -0.15) is 0 Å². The number of sulfone groups is 1. The minimum Gasteiger partial charge on any atom is -0.355 e. The van der Waals surface area contributed by atoms with Gasteiger partial charge in [0.2, 0.25) is 0 Å². The molecule has 2 N–H and O–H groups in total. The summed E-state index contributed by atoms with van der Waals surface area (Å²) in [6.07, 6.45) is 1.08. The Kier molecular flexibility index (Phi) is 5.49. The van der Waals surface area contributed by atoms with Crippen LogP contribution in [0.1, 0.15) is 26.3 Å². The molecule has 25 heavy (non-hydrogen) atoms. The highest BCUT2D eigenvalue weighted by molar-refractivity contribution is 7.90. The first kappa shape index (κ1) is 19.0. The molecule has 0 bridgehead atoms. The highest BCUT2D eigenvalue weighted by Gasteiger charge is 2.16. The molecule has 0 saturated heterocycles. The van der Waals surface area contributed by atoms with Crippen LogP contribution in [0.2, 0.25) is 5.02 Å². The van der Waals surface area contributed by atoms with Crippen molar-refractivity contribution in [3.63, 3.8) is 0 Å². The highest BCUT2D eigenvalue weighted by Crippen LogP contribution is 2.22. The number of hydrogen-bond acceptors (Lipinski definition) is 4. The summed E-state index contributed by atoms with van der Waals surface area (Å²) in [5, 5.41) is 5.37. The van der Waals surface area contributed by atoms with Crippen molar-refractivity contribution in [1.29, 1.82) is 0 Å². The number of carbonyl (C=O) groups excluding carboxylic acids is 2. The molecule has 0 radical (unpaired) electrons. The number of hydrogen-bond donors (Lipinski definition) is 2. The van der Waals surface area contributed by atoms with E-state index in [0.717, 1.165) is 6.26 Å². The summed E-state index contributed by atoms with van der Waals surface area (Å²) in [6.45, 7) is 1.71. The number of halogens is 1. The molecule has 2 rings (SSSR count). The number of benzene rings is 2. The third-order valence-corrected chi connectivity index (χ3v) is 5.02. The van der Waals surface area contributed by atoms with Crippen molar-refractivity contribution in [2.45, 2.75) is 11.8 Å². The van der Waals surface area contributed by atoms with Gasteiger partial charge in [-0.05, 0) is 42.8 Å². The monoisotopic (exact) mass is 380 g/mol. The van der Waals surface area contributed by atoms with Crippen LogP contribution in [0.5, 0.6) is 0 Å². The van der Waals surface area contributed by atoms with Gasteiger partial charge in [-0.1, -0.05) is 17.7 Å². The largest absolute Gasteiger partial charge is 0.355 e. The summed E-state index contributed by atoms with van der Waals surface area (Å²) in [4.78, 5) is 24.3. The van der Waals surface area contributed by atoms with E-state index in [9.17, 15) is 18.0 Å². The number of amides is 2. The summed E-state index contributed by atoms with van der Waals surface area (Å²) in [7, 11) is -1.95. The average molecular weight is 381 g/mol. The molecule has 8 heteroatoms. The van der Waals surface area contributed by atoms with Gasteiger partial charge in [0, 0.05) is 24.6 Å². The van der Waals surface area contributed by atoms with Crippen molar-refractivity contribution >= 4 is 38.9 Å². The van der Waals surface area contributed by atoms with Crippen LogP contribution < -0.4 is 10.6 Å².